The first-order valence-electron chi connectivity index (χ1n) is 7.76. The van der Waals surface area contributed by atoms with Gasteiger partial charge >= 0.3 is 0 Å². The lowest BCUT2D eigenvalue weighted by molar-refractivity contribution is -0.126. The van der Waals surface area contributed by atoms with Gasteiger partial charge in [0, 0.05) is 13.1 Å². The average Bonchev–Trinajstić information content (AvgIpc) is 3.11. The number of nitrogens with zero attached hydrogens (tertiary/aromatic N) is 1. The van der Waals surface area contributed by atoms with Crippen LogP contribution < -0.4 is 16.2 Å². The summed E-state index contributed by atoms with van der Waals surface area (Å²) in [6.45, 7) is 2.68. The minimum Gasteiger partial charge on any atom is -0.467 e. The maximum Gasteiger partial charge on any atom is 0.242 e. The van der Waals surface area contributed by atoms with E-state index in [1.54, 1.807) is 25.3 Å². The van der Waals surface area contributed by atoms with Crippen molar-refractivity contribution in [3.63, 3.8) is 0 Å². The van der Waals surface area contributed by atoms with Gasteiger partial charge in [-0.15, -0.1) is 0 Å². The molecule has 1 aromatic rings. The van der Waals surface area contributed by atoms with E-state index in [-0.39, 0.29) is 29.2 Å². The van der Waals surface area contributed by atoms with Gasteiger partial charge in [-0.2, -0.15) is 0 Å². The van der Waals surface area contributed by atoms with Crippen molar-refractivity contribution in [2.24, 2.45) is 5.92 Å². The van der Waals surface area contributed by atoms with E-state index >= 15 is 0 Å². The van der Waals surface area contributed by atoms with Crippen LogP contribution in [0.1, 0.15) is 25.5 Å². The zero-order valence-electron chi connectivity index (χ0n) is 13.4. The van der Waals surface area contributed by atoms with Crippen molar-refractivity contribution in [1.82, 2.24) is 20.5 Å². The van der Waals surface area contributed by atoms with Gasteiger partial charge < -0.3 is 9.73 Å². The second-order valence-corrected chi connectivity index (χ2v) is 8.14. The summed E-state index contributed by atoms with van der Waals surface area (Å²) in [5.41, 5.74) is 5.15. The summed E-state index contributed by atoms with van der Waals surface area (Å²) in [7, 11) is -3.27. The van der Waals surface area contributed by atoms with E-state index in [0.29, 0.717) is 25.9 Å². The van der Waals surface area contributed by atoms with Crippen LogP contribution in [0.3, 0.4) is 0 Å². The van der Waals surface area contributed by atoms with Gasteiger partial charge in [0.1, 0.15) is 5.76 Å². The smallest absolute Gasteiger partial charge is 0.242 e. The van der Waals surface area contributed by atoms with Crippen molar-refractivity contribution >= 4 is 33.3 Å². The van der Waals surface area contributed by atoms with E-state index in [9.17, 15) is 13.2 Å². The first-order chi connectivity index (χ1) is 11.4. The zero-order valence-corrected chi connectivity index (χ0v) is 15.1. The summed E-state index contributed by atoms with van der Waals surface area (Å²) in [4.78, 5) is 12.2. The number of sulfonamides is 1. The number of carbonyl (C=O) groups is 1. The third-order valence-corrected chi connectivity index (χ3v) is 5.91. The van der Waals surface area contributed by atoms with Crippen LogP contribution in [0.15, 0.2) is 22.8 Å². The largest absolute Gasteiger partial charge is 0.467 e. The number of nitrogens with one attached hydrogen (secondary N) is 3. The summed E-state index contributed by atoms with van der Waals surface area (Å²) in [6, 6.07) is 3.58. The molecule has 1 aliphatic heterocycles. The number of piperidine rings is 1. The number of furan rings is 1. The van der Waals surface area contributed by atoms with Crippen LogP contribution in [-0.4, -0.2) is 42.6 Å². The number of hydrazine groups is 1. The Kier molecular flexibility index (Phi) is 6.58. The van der Waals surface area contributed by atoms with E-state index in [4.69, 9.17) is 16.6 Å². The number of amides is 1. The summed E-state index contributed by atoms with van der Waals surface area (Å²) < 4.78 is 30.4. The molecule has 0 spiro atoms. The zero-order chi connectivity index (χ0) is 17.6. The molecule has 0 bridgehead atoms. The highest BCUT2D eigenvalue weighted by atomic mass is 32.2. The molecule has 0 aliphatic carbocycles. The Hall–Kier alpha value is -1.65. The fraction of sp³-hybridized carbons (Fsp3) is 0.571. The third kappa shape index (κ3) is 5.18. The molecule has 1 fully saturated rings. The second kappa shape index (κ2) is 8.45. The van der Waals surface area contributed by atoms with Crippen LogP contribution in [0.4, 0.5) is 0 Å². The molecular weight excluding hydrogens is 352 g/mol. The maximum absolute atomic E-state index is 12.2. The molecule has 1 amide bonds. The molecule has 3 N–H and O–H groups in total. The fourth-order valence-corrected chi connectivity index (χ4v) is 3.74. The Morgan fingerprint density at radius 2 is 2.25 bits per heavy atom. The van der Waals surface area contributed by atoms with Gasteiger partial charge in [0.05, 0.1) is 24.5 Å². The van der Waals surface area contributed by atoms with Crippen molar-refractivity contribution < 1.29 is 17.6 Å². The Morgan fingerprint density at radius 3 is 2.92 bits per heavy atom. The van der Waals surface area contributed by atoms with Gasteiger partial charge in [-0.25, -0.2) is 12.7 Å². The molecule has 1 aromatic heterocycles. The molecule has 1 unspecified atom stereocenters. The number of rotatable bonds is 5. The molecule has 1 atom stereocenters. The summed E-state index contributed by atoms with van der Waals surface area (Å²) in [5, 5.41) is 3.15. The molecule has 1 aliphatic rings. The molecule has 8 nitrogen and oxygen atoms in total. The molecule has 2 heterocycles. The quantitative estimate of drug-likeness (QED) is 0.504. The first kappa shape index (κ1) is 18.7. The molecule has 0 radical (unpaired) electrons. The lowest BCUT2D eigenvalue weighted by Gasteiger charge is -2.30. The van der Waals surface area contributed by atoms with E-state index < -0.39 is 10.0 Å². The summed E-state index contributed by atoms with van der Waals surface area (Å²) in [5.74, 6) is 0.104. The summed E-state index contributed by atoms with van der Waals surface area (Å²) in [6.07, 6.45) is 2.88. The van der Waals surface area contributed by atoms with Crippen molar-refractivity contribution in [2.45, 2.75) is 26.3 Å². The standard InChI is InChI=1S/C14H22N4O4S2/c1-2-24(20,21)18-7-3-5-11(10-18)13(19)16-17-14(23)15-9-12-6-4-8-22-12/h4,6,8,11H,2-3,5,7,9-10H2,1H3,(H,16,19)(H2,15,17,23). The van der Waals surface area contributed by atoms with E-state index in [0.717, 1.165) is 5.76 Å². The fourth-order valence-electron chi connectivity index (χ4n) is 2.44. The lowest BCUT2D eigenvalue weighted by atomic mass is 9.99. The highest BCUT2D eigenvalue weighted by Gasteiger charge is 2.31. The predicted molar refractivity (Wildman–Crippen MR) is 93.2 cm³/mol. The third-order valence-electron chi connectivity index (χ3n) is 3.82. The van der Waals surface area contributed by atoms with Crippen molar-refractivity contribution in [3.05, 3.63) is 24.2 Å². The molecule has 10 heteroatoms. The van der Waals surface area contributed by atoms with Gasteiger partial charge in [0.2, 0.25) is 15.9 Å². The van der Waals surface area contributed by atoms with Crippen LogP contribution in [0, 0.1) is 5.92 Å². The van der Waals surface area contributed by atoms with Crippen molar-refractivity contribution in [3.8, 4) is 0 Å². The van der Waals surface area contributed by atoms with E-state index in [1.165, 1.54) is 4.31 Å². The Bertz CT molecular complexity index is 660. The van der Waals surface area contributed by atoms with Gasteiger partial charge in [-0.3, -0.25) is 15.6 Å². The van der Waals surface area contributed by atoms with Crippen LogP contribution in [0.2, 0.25) is 0 Å². The summed E-state index contributed by atoms with van der Waals surface area (Å²) >= 11 is 5.06. The van der Waals surface area contributed by atoms with Gasteiger partial charge in [-0.05, 0) is 44.1 Å². The van der Waals surface area contributed by atoms with Crippen LogP contribution in [0.25, 0.3) is 0 Å². The van der Waals surface area contributed by atoms with Gasteiger partial charge in [0.25, 0.3) is 0 Å². The van der Waals surface area contributed by atoms with E-state index in [2.05, 4.69) is 16.2 Å². The Balaban J connectivity index is 1.76. The van der Waals surface area contributed by atoms with Crippen molar-refractivity contribution in [2.75, 3.05) is 18.8 Å². The molecule has 2 rings (SSSR count). The van der Waals surface area contributed by atoms with Gasteiger partial charge in [0.15, 0.2) is 5.11 Å². The second-order valence-electron chi connectivity index (χ2n) is 5.47. The Labute approximate surface area is 147 Å². The maximum atomic E-state index is 12.2. The molecule has 0 aromatic carbocycles. The number of carbonyl (C=O) groups excluding carboxylic acids is 1. The van der Waals surface area contributed by atoms with Gasteiger partial charge in [-0.1, -0.05) is 0 Å². The van der Waals surface area contributed by atoms with E-state index in [1.807, 2.05) is 0 Å². The van der Waals surface area contributed by atoms with Crippen LogP contribution in [-0.2, 0) is 21.4 Å². The van der Waals surface area contributed by atoms with Crippen LogP contribution in [0.5, 0.6) is 0 Å². The van der Waals surface area contributed by atoms with Crippen molar-refractivity contribution in [1.29, 1.82) is 0 Å². The number of hydrogen-bond acceptors (Lipinski definition) is 5. The molecular formula is C14H22N4O4S2. The molecule has 1 saturated heterocycles. The molecule has 24 heavy (non-hydrogen) atoms. The topological polar surface area (TPSA) is 104 Å². The molecule has 134 valence electrons. The molecule has 0 saturated carbocycles. The number of thiocarbonyl (C=S) groups is 1. The van der Waals surface area contributed by atoms with Crippen LogP contribution >= 0.6 is 12.2 Å². The Morgan fingerprint density at radius 1 is 1.46 bits per heavy atom. The number of hydrogen-bond donors (Lipinski definition) is 3. The SMILES string of the molecule is CCS(=O)(=O)N1CCCC(C(=O)NNC(=S)NCc2ccco2)C1. The normalized spacial score (nSPS) is 18.8. The minimum atomic E-state index is -3.27. The highest BCUT2D eigenvalue weighted by Crippen LogP contribution is 2.19. The highest BCUT2D eigenvalue weighted by molar-refractivity contribution is 7.89. The lowest BCUT2D eigenvalue weighted by Crippen LogP contribution is -2.52. The average molecular weight is 374 g/mol. The predicted octanol–water partition coefficient (Wildman–Crippen LogP) is 0.337. The first-order valence-corrected chi connectivity index (χ1v) is 9.78. The monoisotopic (exact) mass is 374 g/mol. The minimum absolute atomic E-state index is 0.0420.